The molecule has 0 aliphatic carbocycles. The smallest absolute Gasteiger partial charge is 0.386 e. The Labute approximate surface area is 172 Å². The SMILES string of the molecule is C[C@@]1(O)[C@@H]([C@H](O)c2cc(F)cc(C(F)(F)F)c2)O[C@@H](n2ccc3c(N)ncnc32)[C@@H]1O. The van der Waals surface area contributed by atoms with Crippen molar-refractivity contribution in [2.75, 3.05) is 5.73 Å². The molecule has 1 saturated heterocycles. The van der Waals surface area contributed by atoms with E-state index < -0.39 is 53.3 Å². The Balaban J connectivity index is 1.71. The van der Waals surface area contributed by atoms with E-state index in [1.54, 1.807) is 6.07 Å². The van der Waals surface area contributed by atoms with Gasteiger partial charge in [-0.1, -0.05) is 0 Å². The number of ether oxygens (including phenoxy) is 1. The van der Waals surface area contributed by atoms with Crippen molar-refractivity contribution in [3.63, 3.8) is 0 Å². The molecule has 8 nitrogen and oxygen atoms in total. The minimum atomic E-state index is -4.85. The lowest BCUT2D eigenvalue weighted by Gasteiger charge is -2.30. The molecule has 1 aromatic carbocycles. The monoisotopic (exact) mass is 442 g/mol. The van der Waals surface area contributed by atoms with Crippen molar-refractivity contribution in [3.05, 3.63) is 53.7 Å². The molecule has 12 heteroatoms. The zero-order valence-corrected chi connectivity index (χ0v) is 16.0. The number of nitrogens with two attached hydrogens (primary N) is 1. The van der Waals surface area contributed by atoms with E-state index >= 15 is 0 Å². The lowest BCUT2D eigenvalue weighted by molar-refractivity contribution is -0.138. The quantitative estimate of drug-likeness (QED) is 0.457. The molecule has 1 aliphatic heterocycles. The first kappa shape index (κ1) is 21.4. The summed E-state index contributed by atoms with van der Waals surface area (Å²) in [5.74, 6) is -1.05. The van der Waals surface area contributed by atoms with Gasteiger partial charge >= 0.3 is 6.18 Å². The van der Waals surface area contributed by atoms with Crippen molar-refractivity contribution < 1.29 is 37.6 Å². The van der Waals surface area contributed by atoms with Gasteiger partial charge in [-0.05, 0) is 36.8 Å². The van der Waals surface area contributed by atoms with Crippen LogP contribution in [0.4, 0.5) is 23.4 Å². The molecule has 31 heavy (non-hydrogen) atoms. The molecule has 0 saturated carbocycles. The van der Waals surface area contributed by atoms with Crippen molar-refractivity contribution in [1.82, 2.24) is 14.5 Å². The van der Waals surface area contributed by atoms with Crippen molar-refractivity contribution in [3.8, 4) is 0 Å². The van der Waals surface area contributed by atoms with Crippen molar-refractivity contribution in [2.24, 2.45) is 0 Å². The number of nitrogens with zero attached hydrogens (tertiary/aromatic N) is 3. The first-order valence-corrected chi connectivity index (χ1v) is 9.10. The van der Waals surface area contributed by atoms with Crippen LogP contribution in [0.1, 0.15) is 30.4 Å². The molecule has 3 heterocycles. The fourth-order valence-electron chi connectivity index (χ4n) is 3.75. The van der Waals surface area contributed by atoms with Gasteiger partial charge in [0.15, 0.2) is 6.23 Å². The van der Waals surface area contributed by atoms with Crippen LogP contribution in [0.25, 0.3) is 11.0 Å². The van der Waals surface area contributed by atoms with E-state index in [0.717, 1.165) is 6.92 Å². The maximum atomic E-state index is 13.8. The molecule has 0 bridgehead atoms. The van der Waals surface area contributed by atoms with Crippen molar-refractivity contribution in [1.29, 1.82) is 0 Å². The molecular formula is C19H18F4N4O4. The Morgan fingerprint density at radius 3 is 2.65 bits per heavy atom. The van der Waals surface area contributed by atoms with Crippen molar-refractivity contribution >= 4 is 16.9 Å². The molecule has 0 amide bonds. The molecule has 1 aliphatic rings. The van der Waals surface area contributed by atoms with E-state index in [0.29, 0.717) is 17.5 Å². The summed E-state index contributed by atoms with van der Waals surface area (Å²) < 4.78 is 59.9. The number of aromatic nitrogens is 3. The number of benzene rings is 1. The summed E-state index contributed by atoms with van der Waals surface area (Å²) in [6.45, 7) is 1.16. The maximum absolute atomic E-state index is 13.8. The third kappa shape index (κ3) is 3.51. The normalized spacial score (nSPS) is 27.7. The molecule has 0 unspecified atom stereocenters. The number of anilines is 1. The summed E-state index contributed by atoms with van der Waals surface area (Å²) in [6.07, 6.45) is -8.54. The van der Waals surface area contributed by atoms with Gasteiger partial charge in [0, 0.05) is 6.20 Å². The average Bonchev–Trinajstić information content (AvgIpc) is 3.20. The Bertz CT molecular complexity index is 1130. The molecular weight excluding hydrogens is 424 g/mol. The summed E-state index contributed by atoms with van der Waals surface area (Å²) in [4.78, 5) is 7.92. The minimum absolute atomic E-state index is 0.166. The van der Waals surface area contributed by atoms with Gasteiger partial charge in [-0.3, -0.25) is 0 Å². The summed E-state index contributed by atoms with van der Waals surface area (Å²) >= 11 is 0. The van der Waals surface area contributed by atoms with Gasteiger partial charge in [-0.25, -0.2) is 14.4 Å². The second-order valence-corrected chi connectivity index (χ2v) is 7.55. The average molecular weight is 442 g/mol. The predicted octanol–water partition coefficient (Wildman–Crippen LogP) is 1.91. The number of rotatable bonds is 3. The Kier molecular flexibility index (Phi) is 4.92. The number of aliphatic hydroxyl groups excluding tert-OH is 2. The Morgan fingerprint density at radius 2 is 1.97 bits per heavy atom. The van der Waals surface area contributed by atoms with Gasteiger partial charge in [0.05, 0.1) is 10.9 Å². The summed E-state index contributed by atoms with van der Waals surface area (Å²) in [7, 11) is 0. The lowest BCUT2D eigenvalue weighted by atomic mass is 9.88. The Morgan fingerprint density at radius 1 is 1.26 bits per heavy atom. The van der Waals surface area contributed by atoms with Gasteiger partial charge < -0.3 is 30.4 Å². The molecule has 2 aromatic heterocycles. The molecule has 5 N–H and O–H groups in total. The fourth-order valence-corrected chi connectivity index (χ4v) is 3.75. The first-order chi connectivity index (χ1) is 14.4. The molecule has 0 radical (unpaired) electrons. The summed E-state index contributed by atoms with van der Waals surface area (Å²) in [6, 6.07) is 3.11. The van der Waals surface area contributed by atoms with Crippen molar-refractivity contribution in [2.45, 2.75) is 43.2 Å². The number of aliphatic hydroxyl groups is 3. The minimum Gasteiger partial charge on any atom is -0.386 e. The van der Waals surface area contributed by atoms with Gasteiger partial charge in [0.2, 0.25) is 0 Å². The van der Waals surface area contributed by atoms with Gasteiger partial charge in [0.1, 0.15) is 47.5 Å². The van der Waals surface area contributed by atoms with E-state index in [4.69, 9.17) is 10.5 Å². The van der Waals surface area contributed by atoms with Crippen LogP contribution < -0.4 is 5.73 Å². The zero-order valence-electron chi connectivity index (χ0n) is 16.0. The van der Waals surface area contributed by atoms with E-state index in [2.05, 4.69) is 9.97 Å². The second kappa shape index (κ2) is 7.12. The summed E-state index contributed by atoms with van der Waals surface area (Å²) in [5.41, 5.74) is 2.18. The highest BCUT2D eigenvalue weighted by Gasteiger charge is 2.56. The Hall–Kier alpha value is -2.80. The van der Waals surface area contributed by atoms with Crippen LogP contribution in [0.15, 0.2) is 36.8 Å². The van der Waals surface area contributed by atoms with Gasteiger partial charge in [-0.2, -0.15) is 13.2 Å². The van der Waals surface area contributed by atoms with Crippen LogP contribution in [0.3, 0.4) is 0 Å². The van der Waals surface area contributed by atoms with Crippen LogP contribution in [0.2, 0.25) is 0 Å². The summed E-state index contributed by atoms with van der Waals surface area (Å²) in [5, 5.41) is 32.6. The molecule has 0 spiro atoms. The molecule has 5 atom stereocenters. The molecule has 3 aromatic rings. The fraction of sp³-hybridized carbons (Fsp3) is 0.368. The molecule has 4 rings (SSSR count). The number of halogens is 4. The molecule has 1 fully saturated rings. The highest BCUT2D eigenvalue weighted by atomic mass is 19.4. The van der Waals surface area contributed by atoms with Crippen LogP contribution in [-0.2, 0) is 10.9 Å². The van der Waals surface area contributed by atoms with Crippen LogP contribution in [0.5, 0.6) is 0 Å². The van der Waals surface area contributed by atoms with E-state index in [9.17, 15) is 32.9 Å². The standard InChI is InChI=1S/C19H18F4N4O4/c1-18(30)13(29)17(27-3-2-11-15(24)25-7-26-16(11)27)31-14(18)12(28)8-4-9(19(21,22)23)6-10(20)5-8/h2-7,12-14,17,28-30H,1H3,(H2,24,25,26)/t12-,13+,14-,17-,18+/m1/s1. The highest BCUT2D eigenvalue weighted by Crippen LogP contribution is 2.44. The topological polar surface area (TPSA) is 127 Å². The van der Waals surface area contributed by atoms with Gasteiger partial charge in [-0.15, -0.1) is 0 Å². The third-order valence-corrected chi connectivity index (χ3v) is 5.42. The number of hydrogen-bond donors (Lipinski definition) is 4. The van der Waals surface area contributed by atoms with E-state index in [1.165, 1.54) is 17.1 Å². The second-order valence-electron chi connectivity index (χ2n) is 7.55. The largest absolute Gasteiger partial charge is 0.416 e. The van der Waals surface area contributed by atoms with Crippen LogP contribution in [-0.4, -0.2) is 47.7 Å². The van der Waals surface area contributed by atoms with Crippen LogP contribution >= 0.6 is 0 Å². The lowest BCUT2D eigenvalue weighted by Crippen LogP contribution is -2.47. The molecule has 166 valence electrons. The van der Waals surface area contributed by atoms with Gasteiger partial charge in [0.25, 0.3) is 0 Å². The zero-order chi connectivity index (χ0) is 22.7. The highest BCUT2D eigenvalue weighted by molar-refractivity contribution is 5.86. The predicted molar refractivity (Wildman–Crippen MR) is 98.8 cm³/mol. The van der Waals surface area contributed by atoms with E-state index in [-0.39, 0.29) is 17.5 Å². The maximum Gasteiger partial charge on any atom is 0.416 e. The van der Waals surface area contributed by atoms with E-state index in [1.807, 2.05) is 0 Å². The first-order valence-electron chi connectivity index (χ1n) is 9.10. The van der Waals surface area contributed by atoms with Crippen LogP contribution in [0, 0.1) is 5.82 Å². The third-order valence-electron chi connectivity index (χ3n) is 5.42. The number of nitrogen functional groups attached to an aromatic ring is 1. The number of hydrogen-bond acceptors (Lipinski definition) is 7. The number of alkyl halides is 3. The number of fused-ring (bicyclic) bond motifs is 1.